The molecule has 0 bridgehead atoms. The standard InChI is InChI=1S/C20H20N2O7S/c1-3-29-20(25)16-17(12-4-8-14(28-2)9-5-12)22(19(24)18(16)23)13-6-10-15(11-7-13)30(21,26)27/h4-11,16-17H,3H2,1-2H3,(H2,21,26,27)/t16-,17-/m0/s1. The summed E-state index contributed by atoms with van der Waals surface area (Å²) in [5.74, 6) is -3.39. The summed E-state index contributed by atoms with van der Waals surface area (Å²) in [5, 5.41) is 5.11. The summed E-state index contributed by atoms with van der Waals surface area (Å²) in [5.41, 5.74) is 0.761. The molecule has 10 heteroatoms. The van der Waals surface area contributed by atoms with Crippen molar-refractivity contribution >= 4 is 33.4 Å². The molecule has 0 radical (unpaired) electrons. The lowest BCUT2D eigenvalue weighted by Crippen LogP contribution is -2.31. The number of nitrogens with two attached hydrogens (primary N) is 1. The van der Waals surface area contributed by atoms with E-state index < -0.39 is 39.6 Å². The van der Waals surface area contributed by atoms with E-state index >= 15 is 0 Å². The molecule has 1 aliphatic heterocycles. The first kappa shape index (κ1) is 21.5. The van der Waals surface area contributed by atoms with Crippen LogP contribution in [0.15, 0.2) is 53.4 Å². The minimum absolute atomic E-state index is 0.0508. The number of primary sulfonamides is 1. The van der Waals surface area contributed by atoms with Gasteiger partial charge in [0.25, 0.3) is 5.91 Å². The first-order chi connectivity index (χ1) is 14.2. The van der Waals surface area contributed by atoms with Crippen LogP contribution in [-0.4, -0.2) is 39.8 Å². The van der Waals surface area contributed by atoms with Crippen molar-refractivity contribution in [3.8, 4) is 5.75 Å². The molecule has 30 heavy (non-hydrogen) atoms. The number of ketones is 1. The van der Waals surface area contributed by atoms with Gasteiger partial charge in [0.15, 0.2) is 0 Å². The number of Topliss-reactive ketones (excluding diaryl/α,β-unsaturated/α-hetero) is 1. The molecule has 2 aromatic carbocycles. The Bertz CT molecular complexity index is 1080. The van der Waals surface area contributed by atoms with Crippen molar-refractivity contribution in [3.63, 3.8) is 0 Å². The molecule has 1 fully saturated rings. The predicted octanol–water partition coefficient (Wildman–Crippen LogP) is 1.18. The van der Waals surface area contributed by atoms with E-state index in [1.165, 1.54) is 36.3 Å². The number of carbonyl (C=O) groups is 3. The molecule has 0 aliphatic carbocycles. The summed E-state index contributed by atoms with van der Waals surface area (Å²) >= 11 is 0. The second-order valence-corrected chi connectivity index (χ2v) is 8.09. The van der Waals surface area contributed by atoms with Gasteiger partial charge in [-0.1, -0.05) is 12.1 Å². The average Bonchev–Trinajstić information content (AvgIpc) is 2.98. The van der Waals surface area contributed by atoms with Crippen molar-refractivity contribution in [2.24, 2.45) is 11.1 Å². The number of hydrogen-bond donors (Lipinski definition) is 1. The molecular formula is C20H20N2O7S. The van der Waals surface area contributed by atoms with Crippen LogP contribution >= 0.6 is 0 Å². The number of nitrogens with zero attached hydrogens (tertiary/aromatic N) is 1. The molecule has 1 saturated heterocycles. The lowest BCUT2D eigenvalue weighted by atomic mass is 9.92. The van der Waals surface area contributed by atoms with Crippen molar-refractivity contribution in [1.29, 1.82) is 0 Å². The van der Waals surface area contributed by atoms with Crippen molar-refractivity contribution < 1.29 is 32.3 Å². The van der Waals surface area contributed by atoms with Gasteiger partial charge in [0.1, 0.15) is 11.7 Å². The third kappa shape index (κ3) is 3.91. The largest absolute Gasteiger partial charge is 0.497 e. The van der Waals surface area contributed by atoms with Crippen LogP contribution in [0.3, 0.4) is 0 Å². The summed E-state index contributed by atoms with van der Waals surface area (Å²) in [6.07, 6.45) is 0. The molecule has 1 amide bonds. The zero-order valence-corrected chi connectivity index (χ0v) is 17.1. The van der Waals surface area contributed by atoms with Crippen LogP contribution in [0.5, 0.6) is 5.75 Å². The van der Waals surface area contributed by atoms with Crippen molar-refractivity contribution in [2.75, 3.05) is 18.6 Å². The highest BCUT2D eigenvalue weighted by molar-refractivity contribution is 7.89. The minimum Gasteiger partial charge on any atom is -0.497 e. The van der Waals surface area contributed by atoms with Gasteiger partial charge in [-0.15, -0.1) is 0 Å². The molecule has 158 valence electrons. The monoisotopic (exact) mass is 432 g/mol. The van der Waals surface area contributed by atoms with E-state index in [1.54, 1.807) is 31.2 Å². The molecule has 9 nitrogen and oxygen atoms in total. The van der Waals surface area contributed by atoms with Crippen molar-refractivity contribution in [1.82, 2.24) is 0 Å². The number of benzene rings is 2. The van der Waals surface area contributed by atoms with Gasteiger partial charge in [-0.3, -0.25) is 19.3 Å². The second-order valence-electron chi connectivity index (χ2n) is 6.53. The van der Waals surface area contributed by atoms with Crippen LogP contribution in [0.4, 0.5) is 5.69 Å². The smallest absolute Gasteiger partial charge is 0.319 e. The first-order valence-corrected chi connectivity index (χ1v) is 10.5. The fourth-order valence-corrected chi connectivity index (χ4v) is 3.87. The Morgan fingerprint density at radius 1 is 1.07 bits per heavy atom. The van der Waals surface area contributed by atoms with Crippen molar-refractivity contribution in [2.45, 2.75) is 17.9 Å². The number of methoxy groups -OCH3 is 1. The highest BCUT2D eigenvalue weighted by atomic mass is 32.2. The van der Waals surface area contributed by atoms with Crippen LogP contribution in [0.25, 0.3) is 0 Å². The number of carbonyl (C=O) groups excluding carboxylic acids is 3. The molecule has 2 atom stereocenters. The van der Waals surface area contributed by atoms with Crippen LogP contribution in [0.2, 0.25) is 0 Å². The highest BCUT2D eigenvalue weighted by Gasteiger charge is 2.53. The van der Waals surface area contributed by atoms with Gasteiger partial charge in [-0.25, -0.2) is 13.6 Å². The first-order valence-electron chi connectivity index (χ1n) is 9.00. The zero-order chi connectivity index (χ0) is 22.1. The number of esters is 1. The highest BCUT2D eigenvalue weighted by Crippen LogP contribution is 2.40. The number of sulfonamides is 1. The van der Waals surface area contributed by atoms with E-state index in [0.29, 0.717) is 11.3 Å². The molecule has 0 unspecified atom stereocenters. The molecular weight excluding hydrogens is 412 g/mol. The molecule has 1 aliphatic rings. The SMILES string of the molecule is CCOC(=O)[C@@H]1C(=O)C(=O)N(c2ccc(S(N)(=O)=O)cc2)[C@H]1c1ccc(OC)cc1. The number of hydrogen-bond acceptors (Lipinski definition) is 7. The van der Waals surface area contributed by atoms with Crippen molar-refractivity contribution in [3.05, 3.63) is 54.1 Å². The van der Waals surface area contributed by atoms with Gasteiger partial charge < -0.3 is 9.47 Å². The van der Waals surface area contributed by atoms with Crippen LogP contribution < -0.4 is 14.8 Å². The quantitative estimate of drug-likeness (QED) is 0.412. The van der Waals surface area contributed by atoms with E-state index in [0.717, 1.165) is 0 Å². The number of ether oxygens (including phenoxy) is 2. The van der Waals surface area contributed by atoms with Crippen LogP contribution in [0, 0.1) is 5.92 Å². The molecule has 0 spiro atoms. The maximum Gasteiger partial charge on any atom is 0.319 e. The maximum absolute atomic E-state index is 12.8. The van der Waals surface area contributed by atoms with Gasteiger partial charge in [-0.2, -0.15) is 0 Å². The fraction of sp³-hybridized carbons (Fsp3) is 0.250. The topological polar surface area (TPSA) is 133 Å². The normalized spacial score (nSPS) is 19.1. The Hall–Kier alpha value is -3.24. The summed E-state index contributed by atoms with van der Waals surface area (Å²) in [4.78, 5) is 39.1. The molecule has 3 rings (SSSR count). The third-order valence-corrected chi connectivity index (χ3v) is 5.68. The Morgan fingerprint density at radius 2 is 1.67 bits per heavy atom. The minimum atomic E-state index is -3.93. The van der Waals surface area contributed by atoms with Gasteiger partial charge in [0.05, 0.1) is 24.7 Å². The van der Waals surface area contributed by atoms with E-state index in [1.807, 2.05) is 0 Å². The predicted molar refractivity (Wildman–Crippen MR) is 106 cm³/mol. The Labute approximate surface area is 173 Å². The molecule has 2 N–H and O–H groups in total. The van der Waals surface area contributed by atoms with Crippen LogP contribution in [0.1, 0.15) is 18.5 Å². The Morgan fingerprint density at radius 3 is 2.17 bits per heavy atom. The van der Waals surface area contributed by atoms with E-state index in [4.69, 9.17) is 14.6 Å². The number of anilines is 1. The average molecular weight is 432 g/mol. The van der Waals surface area contributed by atoms with E-state index in [2.05, 4.69) is 0 Å². The molecule has 1 heterocycles. The number of amides is 1. The second kappa shape index (κ2) is 8.25. The van der Waals surface area contributed by atoms with Gasteiger partial charge in [-0.05, 0) is 48.9 Å². The third-order valence-electron chi connectivity index (χ3n) is 4.75. The summed E-state index contributed by atoms with van der Waals surface area (Å²) < 4.78 is 33.2. The summed E-state index contributed by atoms with van der Waals surface area (Å²) in [7, 11) is -2.43. The molecule has 0 aromatic heterocycles. The number of rotatable bonds is 6. The molecule has 0 saturated carbocycles. The van der Waals surface area contributed by atoms with E-state index in [9.17, 15) is 22.8 Å². The lowest BCUT2D eigenvalue weighted by molar-refractivity contribution is -0.152. The van der Waals surface area contributed by atoms with Crippen LogP contribution in [-0.2, 0) is 29.1 Å². The van der Waals surface area contributed by atoms with E-state index in [-0.39, 0.29) is 17.2 Å². The van der Waals surface area contributed by atoms with Gasteiger partial charge in [0.2, 0.25) is 15.8 Å². The lowest BCUT2D eigenvalue weighted by Gasteiger charge is -2.27. The summed E-state index contributed by atoms with van der Waals surface area (Å²) in [6, 6.07) is 10.8. The zero-order valence-electron chi connectivity index (χ0n) is 16.3. The maximum atomic E-state index is 12.8. The van der Waals surface area contributed by atoms with Gasteiger partial charge >= 0.3 is 5.97 Å². The fourth-order valence-electron chi connectivity index (χ4n) is 3.36. The summed E-state index contributed by atoms with van der Waals surface area (Å²) in [6.45, 7) is 1.65. The Balaban J connectivity index is 2.11. The van der Waals surface area contributed by atoms with Gasteiger partial charge in [0, 0.05) is 5.69 Å². The Kier molecular flexibility index (Phi) is 5.90. The molecule has 2 aromatic rings.